The van der Waals surface area contributed by atoms with Crippen LogP contribution in [-0.4, -0.2) is 17.1 Å². The lowest BCUT2D eigenvalue weighted by Gasteiger charge is -2.02. The zero-order valence-corrected chi connectivity index (χ0v) is 11.0. The minimum atomic E-state index is 0.790. The SMILES string of the molecule is COc1ccc(Sc2cc(Br)ncn2)cc1. The summed E-state index contributed by atoms with van der Waals surface area (Å²) in [5, 5.41) is 0.909. The van der Waals surface area contributed by atoms with Crippen LogP contribution in [0, 0.1) is 0 Å². The van der Waals surface area contributed by atoms with Crippen LogP contribution in [0.3, 0.4) is 0 Å². The number of methoxy groups -OCH3 is 1. The van der Waals surface area contributed by atoms with Crippen molar-refractivity contribution in [3.05, 3.63) is 41.3 Å². The zero-order chi connectivity index (χ0) is 11.4. The molecule has 0 saturated carbocycles. The number of hydrogen-bond donors (Lipinski definition) is 0. The van der Waals surface area contributed by atoms with Crippen LogP contribution in [0.15, 0.2) is 51.2 Å². The first-order valence-corrected chi connectivity index (χ1v) is 6.18. The van der Waals surface area contributed by atoms with E-state index < -0.39 is 0 Å². The summed E-state index contributed by atoms with van der Waals surface area (Å²) in [7, 11) is 1.66. The number of aromatic nitrogens is 2. The lowest BCUT2D eigenvalue weighted by Crippen LogP contribution is -1.84. The van der Waals surface area contributed by atoms with E-state index in [0.29, 0.717) is 0 Å². The predicted octanol–water partition coefficient (Wildman–Crippen LogP) is 3.40. The van der Waals surface area contributed by atoms with Crippen molar-refractivity contribution >= 4 is 27.7 Å². The Morgan fingerprint density at radius 2 is 1.94 bits per heavy atom. The Kier molecular flexibility index (Phi) is 3.79. The zero-order valence-electron chi connectivity index (χ0n) is 8.55. The molecule has 5 heteroatoms. The van der Waals surface area contributed by atoms with E-state index in [0.717, 1.165) is 20.3 Å². The molecular weight excluding hydrogens is 288 g/mol. The number of hydrogen-bond acceptors (Lipinski definition) is 4. The lowest BCUT2D eigenvalue weighted by atomic mass is 10.3. The van der Waals surface area contributed by atoms with Crippen molar-refractivity contribution in [2.75, 3.05) is 7.11 Å². The monoisotopic (exact) mass is 296 g/mol. The number of halogens is 1. The third-order valence-electron chi connectivity index (χ3n) is 1.89. The van der Waals surface area contributed by atoms with E-state index in [2.05, 4.69) is 25.9 Å². The Morgan fingerprint density at radius 1 is 1.19 bits per heavy atom. The van der Waals surface area contributed by atoms with Gasteiger partial charge in [0.15, 0.2) is 0 Å². The normalized spacial score (nSPS) is 10.1. The largest absolute Gasteiger partial charge is 0.497 e. The van der Waals surface area contributed by atoms with Crippen molar-refractivity contribution in [3.63, 3.8) is 0 Å². The topological polar surface area (TPSA) is 35.0 Å². The van der Waals surface area contributed by atoms with Gasteiger partial charge in [0.2, 0.25) is 0 Å². The second-order valence-electron chi connectivity index (χ2n) is 2.96. The van der Waals surface area contributed by atoms with Gasteiger partial charge in [0, 0.05) is 11.0 Å². The van der Waals surface area contributed by atoms with Gasteiger partial charge >= 0.3 is 0 Å². The van der Waals surface area contributed by atoms with Gasteiger partial charge in [-0.2, -0.15) is 0 Å². The van der Waals surface area contributed by atoms with Gasteiger partial charge in [0.25, 0.3) is 0 Å². The maximum atomic E-state index is 5.10. The Hall–Kier alpha value is -1.07. The van der Waals surface area contributed by atoms with E-state index >= 15 is 0 Å². The third kappa shape index (κ3) is 2.96. The molecule has 0 spiro atoms. The summed E-state index contributed by atoms with van der Waals surface area (Å²) in [6.07, 6.45) is 1.54. The second kappa shape index (κ2) is 5.32. The highest BCUT2D eigenvalue weighted by molar-refractivity contribution is 9.10. The van der Waals surface area contributed by atoms with Crippen LogP contribution >= 0.6 is 27.7 Å². The Morgan fingerprint density at radius 3 is 2.56 bits per heavy atom. The van der Waals surface area contributed by atoms with Gasteiger partial charge in [0.1, 0.15) is 21.7 Å². The van der Waals surface area contributed by atoms with E-state index in [4.69, 9.17) is 4.74 Å². The van der Waals surface area contributed by atoms with Crippen LogP contribution in [0.1, 0.15) is 0 Å². The molecule has 0 aliphatic rings. The fraction of sp³-hybridized carbons (Fsp3) is 0.0909. The Bertz CT molecular complexity index is 476. The maximum Gasteiger partial charge on any atom is 0.118 e. The summed E-state index contributed by atoms with van der Waals surface area (Å²) in [5.41, 5.74) is 0. The highest BCUT2D eigenvalue weighted by atomic mass is 79.9. The molecule has 16 heavy (non-hydrogen) atoms. The van der Waals surface area contributed by atoms with Gasteiger partial charge in [-0.25, -0.2) is 9.97 Å². The number of nitrogens with zero attached hydrogens (tertiary/aromatic N) is 2. The van der Waals surface area contributed by atoms with Crippen LogP contribution in [0.4, 0.5) is 0 Å². The smallest absolute Gasteiger partial charge is 0.118 e. The maximum absolute atomic E-state index is 5.10. The molecule has 1 heterocycles. The molecule has 0 bridgehead atoms. The molecule has 0 aliphatic carbocycles. The van der Waals surface area contributed by atoms with E-state index in [1.165, 1.54) is 6.33 Å². The van der Waals surface area contributed by atoms with E-state index in [-0.39, 0.29) is 0 Å². The average molecular weight is 297 g/mol. The van der Waals surface area contributed by atoms with Gasteiger partial charge in [-0.3, -0.25) is 0 Å². The van der Waals surface area contributed by atoms with Crippen molar-refractivity contribution in [2.45, 2.75) is 9.92 Å². The Balaban J connectivity index is 2.14. The Labute approximate surface area is 106 Å². The summed E-state index contributed by atoms with van der Waals surface area (Å²) in [6, 6.07) is 9.74. The molecule has 2 rings (SSSR count). The molecule has 0 aliphatic heterocycles. The van der Waals surface area contributed by atoms with Gasteiger partial charge in [0.05, 0.1) is 7.11 Å². The van der Waals surface area contributed by atoms with Crippen molar-refractivity contribution in [2.24, 2.45) is 0 Å². The molecule has 0 radical (unpaired) electrons. The van der Waals surface area contributed by atoms with Crippen LogP contribution in [-0.2, 0) is 0 Å². The molecule has 1 aromatic heterocycles. The third-order valence-corrected chi connectivity index (χ3v) is 3.26. The first-order chi connectivity index (χ1) is 7.78. The number of ether oxygens (including phenoxy) is 1. The van der Waals surface area contributed by atoms with Crippen molar-refractivity contribution in [1.82, 2.24) is 9.97 Å². The highest BCUT2D eigenvalue weighted by Gasteiger charge is 2.00. The molecule has 2 aromatic rings. The molecular formula is C11H9BrN2OS. The van der Waals surface area contributed by atoms with Gasteiger partial charge < -0.3 is 4.74 Å². The fourth-order valence-electron chi connectivity index (χ4n) is 1.14. The van der Waals surface area contributed by atoms with Gasteiger partial charge in [-0.15, -0.1) is 0 Å². The summed E-state index contributed by atoms with van der Waals surface area (Å²) in [6.45, 7) is 0. The number of benzene rings is 1. The summed E-state index contributed by atoms with van der Waals surface area (Å²) < 4.78 is 5.89. The molecule has 0 unspecified atom stereocenters. The first kappa shape index (κ1) is 11.4. The minimum Gasteiger partial charge on any atom is -0.497 e. The van der Waals surface area contributed by atoms with Crippen LogP contribution in [0.25, 0.3) is 0 Å². The van der Waals surface area contributed by atoms with E-state index in [1.54, 1.807) is 18.9 Å². The molecule has 1 aromatic carbocycles. The van der Waals surface area contributed by atoms with E-state index in [9.17, 15) is 0 Å². The molecule has 3 nitrogen and oxygen atoms in total. The van der Waals surface area contributed by atoms with Gasteiger partial charge in [-0.05, 0) is 40.2 Å². The second-order valence-corrected chi connectivity index (χ2v) is 4.86. The predicted molar refractivity (Wildman–Crippen MR) is 66.8 cm³/mol. The molecule has 0 saturated heterocycles. The average Bonchev–Trinajstić information content (AvgIpc) is 2.30. The molecule has 0 fully saturated rings. The summed E-state index contributed by atoms with van der Waals surface area (Å²) in [4.78, 5) is 9.27. The van der Waals surface area contributed by atoms with Crippen LogP contribution < -0.4 is 4.74 Å². The molecule has 0 amide bonds. The van der Waals surface area contributed by atoms with Crippen molar-refractivity contribution < 1.29 is 4.74 Å². The van der Waals surface area contributed by atoms with Crippen LogP contribution in [0.2, 0.25) is 0 Å². The summed E-state index contributed by atoms with van der Waals surface area (Å²) >= 11 is 4.90. The van der Waals surface area contributed by atoms with Crippen molar-refractivity contribution in [3.8, 4) is 5.75 Å². The van der Waals surface area contributed by atoms with E-state index in [1.807, 2.05) is 30.3 Å². The quantitative estimate of drug-likeness (QED) is 0.813. The highest BCUT2D eigenvalue weighted by Crippen LogP contribution is 2.28. The first-order valence-electron chi connectivity index (χ1n) is 4.57. The summed E-state index contributed by atoms with van der Waals surface area (Å²) in [5.74, 6) is 0.855. The molecule has 0 N–H and O–H groups in total. The fourth-order valence-corrected chi connectivity index (χ4v) is 2.38. The van der Waals surface area contributed by atoms with Crippen molar-refractivity contribution in [1.29, 1.82) is 0 Å². The minimum absolute atomic E-state index is 0.790. The molecule has 0 atom stereocenters. The molecule has 82 valence electrons. The van der Waals surface area contributed by atoms with Gasteiger partial charge in [-0.1, -0.05) is 11.8 Å². The lowest BCUT2D eigenvalue weighted by molar-refractivity contribution is 0.414. The van der Waals surface area contributed by atoms with Crippen LogP contribution in [0.5, 0.6) is 5.75 Å². The number of rotatable bonds is 3. The standard InChI is InChI=1S/C11H9BrN2OS/c1-15-8-2-4-9(5-3-8)16-11-6-10(12)13-7-14-11/h2-7H,1H3.